The molecule has 4 N–H and O–H groups in total. The number of amides is 1. The van der Waals surface area contributed by atoms with Gasteiger partial charge in [-0.15, -0.1) is 0 Å². The molecule has 0 fully saturated rings. The van der Waals surface area contributed by atoms with E-state index in [0.717, 1.165) is 11.3 Å². The van der Waals surface area contributed by atoms with Gasteiger partial charge in [-0.05, 0) is 31.2 Å². The number of aliphatic imine (C=N–C) groups is 1. The van der Waals surface area contributed by atoms with E-state index < -0.39 is 5.54 Å². The Morgan fingerprint density at radius 2 is 1.91 bits per heavy atom. The summed E-state index contributed by atoms with van der Waals surface area (Å²) in [5, 5.41) is 0. The average Bonchev–Trinajstić information content (AvgIpc) is 2.53. The first-order valence-electron chi connectivity index (χ1n) is 7.34. The largest absolute Gasteiger partial charge is 0.399 e. The van der Waals surface area contributed by atoms with Crippen LogP contribution in [-0.2, 0) is 10.3 Å². The Hall–Kier alpha value is -2.89. The molecule has 3 rings (SSSR count). The predicted molar refractivity (Wildman–Crippen MR) is 90.4 cm³/mol. The molecule has 0 saturated carbocycles. The van der Waals surface area contributed by atoms with Crippen LogP contribution in [0.25, 0.3) is 11.3 Å². The molecule has 1 amide bonds. The number of nitrogens with two attached hydrogens (primary N) is 2. The first kappa shape index (κ1) is 15.0. The van der Waals surface area contributed by atoms with Crippen LogP contribution >= 0.6 is 0 Å². The minimum absolute atomic E-state index is 0.0730. The number of carbonyl (C=O) groups is 1. The van der Waals surface area contributed by atoms with E-state index in [-0.39, 0.29) is 18.3 Å². The normalized spacial score (nSPS) is 21.2. The van der Waals surface area contributed by atoms with Crippen molar-refractivity contribution in [2.24, 2.45) is 10.7 Å². The van der Waals surface area contributed by atoms with Crippen LogP contribution in [0, 0.1) is 0 Å². The van der Waals surface area contributed by atoms with Crippen LogP contribution in [-0.4, -0.2) is 28.8 Å². The third kappa shape index (κ3) is 2.75. The summed E-state index contributed by atoms with van der Waals surface area (Å²) in [6, 6.07) is 13.2. The van der Waals surface area contributed by atoms with Crippen molar-refractivity contribution >= 4 is 17.6 Å². The summed E-state index contributed by atoms with van der Waals surface area (Å²) >= 11 is 0. The molecule has 118 valence electrons. The third-order valence-corrected chi connectivity index (χ3v) is 4.06. The Balaban J connectivity index is 2.05. The van der Waals surface area contributed by atoms with Crippen molar-refractivity contribution in [2.75, 3.05) is 12.8 Å². The summed E-state index contributed by atoms with van der Waals surface area (Å²) in [6.45, 7) is 1.87. The van der Waals surface area contributed by atoms with Gasteiger partial charge in [0, 0.05) is 18.3 Å². The summed E-state index contributed by atoms with van der Waals surface area (Å²) in [6.07, 6.45) is 0.234. The average molecular weight is 309 g/mol. The Labute approximate surface area is 134 Å². The molecule has 6 heteroatoms. The summed E-state index contributed by atoms with van der Waals surface area (Å²) in [5.74, 6) is 0.135. The molecule has 6 nitrogen and oxygen atoms in total. The van der Waals surface area contributed by atoms with Gasteiger partial charge in [0.05, 0.1) is 17.8 Å². The second kappa shape index (κ2) is 5.39. The number of hydrogen-bond acceptors (Lipinski definition) is 5. The maximum Gasteiger partial charge on any atom is 0.231 e. The monoisotopic (exact) mass is 309 g/mol. The minimum Gasteiger partial charge on any atom is -0.399 e. The van der Waals surface area contributed by atoms with Gasteiger partial charge in [-0.3, -0.25) is 14.7 Å². The van der Waals surface area contributed by atoms with E-state index in [9.17, 15) is 4.79 Å². The van der Waals surface area contributed by atoms with Crippen LogP contribution in [0.4, 0.5) is 5.69 Å². The lowest BCUT2D eigenvalue weighted by atomic mass is 9.91. The van der Waals surface area contributed by atoms with Crippen molar-refractivity contribution in [3.05, 3.63) is 48.2 Å². The number of hydrogen-bond donors (Lipinski definition) is 2. The van der Waals surface area contributed by atoms with Gasteiger partial charge in [0.2, 0.25) is 5.91 Å². The van der Waals surface area contributed by atoms with Gasteiger partial charge in [-0.1, -0.05) is 18.2 Å². The molecule has 1 atom stereocenters. The maximum atomic E-state index is 12.1. The van der Waals surface area contributed by atoms with Crippen molar-refractivity contribution in [1.82, 2.24) is 9.88 Å². The molecule has 1 aliphatic rings. The molecule has 0 aliphatic carbocycles. The number of nitrogens with zero attached hydrogens (tertiary/aromatic N) is 3. The molecule has 2 heterocycles. The Morgan fingerprint density at radius 3 is 2.61 bits per heavy atom. The topological polar surface area (TPSA) is 97.6 Å². The summed E-state index contributed by atoms with van der Waals surface area (Å²) in [7, 11) is 1.62. The molecule has 1 aromatic carbocycles. The highest BCUT2D eigenvalue weighted by Gasteiger charge is 2.37. The molecule has 0 unspecified atom stereocenters. The number of benzene rings is 1. The highest BCUT2D eigenvalue weighted by atomic mass is 16.2. The highest BCUT2D eigenvalue weighted by Crippen LogP contribution is 2.32. The van der Waals surface area contributed by atoms with Crippen molar-refractivity contribution < 1.29 is 4.79 Å². The number of rotatable bonds is 2. The molecule has 0 saturated heterocycles. The van der Waals surface area contributed by atoms with E-state index in [1.165, 1.54) is 4.90 Å². The van der Waals surface area contributed by atoms with Gasteiger partial charge in [-0.2, -0.15) is 0 Å². The van der Waals surface area contributed by atoms with Crippen molar-refractivity contribution in [1.29, 1.82) is 0 Å². The number of guanidine groups is 1. The zero-order chi connectivity index (χ0) is 16.6. The summed E-state index contributed by atoms with van der Waals surface area (Å²) in [4.78, 5) is 22.6. The van der Waals surface area contributed by atoms with Crippen molar-refractivity contribution in [2.45, 2.75) is 18.9 Å². The van der Waals surface area contributed by atoms with Crippen LogP contribution in [0.15, 0.2) is 47.5 Å². The second-order valence-corrected chi connectivity index (χ2v) is 5.91. The SMILES string of the molecule is CN1C(=O)C[C@@](C)(c2cccc(-c3cccc(N)c3)n2)N=C1N. The summed E-state index contributed by atoms with van der Waals surface area (Å²) < 4.78 is 0. The van der Waals surface area contributed by atoms with Crippen LogP contribution in [0.1, 0.15) is 19.0 Å². The van der Waals surface area contributed by atoms with E-state index in [2.05, 4.69) is 9.98 Å². The van der Waals surface area contributed by atoms with E-state index in [4.69, 9.17) is 11.5 Å². The third-order valence-electron chi connectivity index (χ3n) is 4.06. The zero-order valence-electron chi connectivity index (χ0n) is 13.2. The smallest absolute Gasteiger partial charge is 0.231 e. The fourth-order valence-corrected chi connectivity index (χ4v) is 2.65. The molecular formula is C17H19N5O. The van der Waals surface area contributed by atoms with Gasteiger partial charge < -0.3 is 11.5 Å². The van der Waals surface area contributed by atoms with E-state index in [0.29, 0.717) is 11.4 Å². The van der Waals surface area contributed by atoms with Gasteiger partial charge in [0.15, 0.2) is 5.96 Å². The van der Waals surface area contributed by atoms with Crippen LogP contribution in [0.2, 0.25) is 0 Å². The Morgan fingerprint density at radius 1 is 1.17 bits per heavy atom. The van der Waals surface area contributed by atoms with Crippen LogP contribution in [0.3, 0.4) is 0 Å². The number of nitrogen functional groups attached to an aromatic ring is 1. The zero-order valence-corrected chi connectivity index (χ0v) is 13.2. The quantitative estimate of drug-likeness (QED) is 0.825. The highest BCUT2D eigenvalue weighted by molar-refractivity contribution is 5.98. The Kier molecular flexibility index (Phi) is 3.52. The lowest BCUT2D eigenvalue weighted by molar-refractivity contribution is -0.128. The fraction of sp³-hybridized carbons (Fsp3) is 0.235. The lowest BCUT2D eigenvalue weighted by Crippen LogP contribution is -2.47. The molecular weight excluding hydrogens is 290 g/mol. The first-order valence-corrected chi connectivity index (χ1v) is 7.34. The van der Waals surface area contributed by atoms with Gasteiger partial charge in [0.1, 0.15) is 5.54 Å². The second-order valence-electron chi connectivity index (χ2n) is 5.91. The fourth-order valence-electron chi connectivity index (χ4n) is 2.65. The number of carbonyl (C=O) groups excluding carboxylic acids is 1. The predicted octanol–water partition coefficient (Wildman–Crippen LogP) is 1.72. The number of aromatic nitrogens is 1. The minimum atomic E-state index is -0.760. The summed E-state index contributed by atoms with van der Waals surface area (Å²) in [5.41, 5.74) is 14.0. The number of anilines is 1. The molecule has 2 aromatic rings. The molecule has 0 spiro atoms. The van der Waals surface area contributed by atoms with Gasteiger partial charge >= 0.3 is 0 Å². The molecule has 1 aromatic heterocycles. The first-order chi connectivity index (χ1) is 10.9. The van der Waals surface area contributed by atoms with E-state index in [1.807, 2.05) is 49.4 Å². The van der Waals surface area contributed by atoms with E-state index >= 15 is 0 Å². The molecule has 1 aliphatic heterocycles. The van der Waals surface area contributed by atoms with Gasteiger partial charge in [-0.25, -0.2) is 4.99 Å². The van der Waals surface area contributed by atoms with Crippen molar-refractivity contribution in [3.63, 3.8) is 0 Å². The Bertz CT molecular complexity index is 801. The molecule has 23 heavy (non-hydrogen) atoms. The van der Waals surface area contributed by atoms with Crippen LogP contribution < -0.4 is 11.5 Å². The van der Waals surface area contributed by atoms with Crippen molar-refractivity contribution in [3.8, 4) is 11.3 Å². The number of pyridine rings is 1. The molecule has 0 radical (unpaired) electrons. The van der Waals surface area contributed by atoms with Gasteiger partial charge in [0.25, 0.3) is 0 Å². The molecule has 0 bridgehead atoms. The standard InChI is InChI=1S/C17H19N5O/c1-17(10-15(23)22(2)16(19)21-17)14-8-4-7-13(20-14)11-5-3-6-12(18)9-11/h3-9H,10,18H2,1-2H3,(H2,19,21)/t17-/m0/s1. The maximum absolute atomic E-state index is 12.1. The van der Waals surface area contributed by atoms with Crippen LogP contribution in [0.5, 0.6) is 0 Å². The van der Waals surface area contributed by atoms with E-state index in [1.54, 1.807) is 7.05 Å². The lowest BCUT2D eigenvalue weighted by Gasteiger charge is -2.33.